The Labute approximate surface area is 176 Å². The van der Waals surface area contributed by atoms with Crippen LogP contribution in [0.4, 0.5) is 4.79 Å². The fourth-order valence-electron chi connectivity index (χ4n) is 4.07. The lowest BCUT2D eigenvalue weighted by molar-refractivity contribution is 0.144. The van der Waals surface area contributed by atoms with E-state index < -0.39 is 6.09 Å². The summed E-state index contributed by atoms with van der Waals surface area (Å²) in [5.74, 6) is 0.380. The molecule has 0 atom stereocenters. The molecular formula is C26H25NO3. The second-order valence-electron chi connectivity index (χ2n) is 7.61. The van der Waals surface area contributed by atoms with Gasteiger partial charge in [-0.1, -0.05) is 60.7 Å². The van der Waals surface area contributed by atoms with Crippen LogP contribution in [0.5, 0.6) is 5.75 Å². The fraction of sp³-hybridized carbons (Fsp3) is 0.192. The van der Waals surface area contributed by atoms with Crippen LogP contribution in [-0.4, -0.2) is 24.4 Å². The van der Waals surface area contributed by atoms with Gasteiger partial charge in [0.1, 0.15) is 12.4 Å². The molecule has 4 heteroatoms. The Kier molecular flexibility index (Phi) is 5.57. The number of rotatable bonds is 5. The molecule has 30 heavy (non-hydrogen) atoms. The summed E-state index contributed by atoms with van der Waals surface area (Å²) in [5, 5.41) is 12.6. The van der Waals surface area contributed by atoms with E-state index in [2.05, 4.69) is 29.6 Å². The zero-order valence-electron chi connectivity index (χ0n) is 17.2. The maximum atomic E-state index is 12.2. The van der Waals surface area contributed by atoms with E-state index in [1.54, 1.807) is 0 Å². The number of carbonyl (C=O) groups excluding carboxylic acids is 1. The highest BCUT2D eigenvalue weighted by Gasteiger charge is 2.28. The molecule has 0 fully saturated rings. The molecule has 4 rings (SSSR count). The molecule has 3 aromatic rings. The average Bonchev–Trinajstić information content (AvgIpc) is 3.07. The van der Waals surface area contributed by atoms with Crippen molar-refractivity contribution in [2.24, 2.45) is 0 Å². The summed E-state index contributed by atoms with van der Waals surface area (Å²) < 4.78 is 5.53. The van der Waals surface area contributed by atoms with Gasteiger partial charge >= 0.3 is 6.09 Å². The number of amides is 1. The SMILES string of the molecule is Cc1cc(C=CCNC(=O)OCC2c3ccccc3-c3ccccc32)cc(C)c1O. The van der Waals surface area contributed by atoms with Crippen molar-refractivity contribution in [1.29, 1.82) is 0 Å². The molecular weight excluding hydrogens is 374 g/mol. The van der Waals surface area contributed by atoms with Gasteiger partial charge in [-0.3, -0.25) is 0 Å². The highest BCUT2D eigenvalue weighted by Crippen LogP contribution is 2.44. The van der Waals surface area contributed by atoms with Crippen molar-refractivity contribution in [3.63, 3.8) is 0 Å². The highest BCUT2D eigenvalue weighted by molar-refractivity contribution is 5.79. The Balaban J connectivity index is 1.34. The van der Waals surface area contributed by atoms with Crippen molar-refractivity contribution >= 4 is 12.2 Å². The Morgan fingerprint density at radius 3 is 2.17 bits per heavy atom. The molecule has 1 aliphatic carbocycles. The molecule has 0 bridgehead atoms. The van der Waals surface area contributed by atoms with Crippen LogP contribution in [0.15, 0.2) is 66.7 Å². The van der Waals surface area contributed by atoms with Crippen LogP contribution in [-0.2, 0) is 4.74 Å². The van der Waals surface area contributed by atoms with E-state index in [9.17, 15) is 9.90 Å². The normalized spacial score (nSPS) is 12.6. The predicted molar refractivity (Wildman–Crippen MR) is 120 cm³/mol. The van der Waals surface area contributed by atoms with Gasteiger partial charge in [-0.25, -0.2) is 4.79 Å². The zero-order chi connectivity index (χ0) is 21.1. The summed E-state index contributed by atoms with van der Waals surface area (Å²) in [6.45, 7) is 4.42. The van der Waals surface area contributed by atoms with E-state index in [1.807, 2.05) is 62.4 Å². The summed E-state index contributed by atoms with van der Waals surface area (Å²) in [6.07, 6.45) is 3.36. The number of carbonyl (C=O) groups is 1. The van der Waals surface area contributed by atoms with E-state index >= 15 is 0 Å². The summed E-state index contributed by atoms with van der Waals surface area (Å²) in [6, 6.07) is 20.4. The third-order valence-electron chi connectivity index (χ3n) is 5.53. The second-order valence-corrected chi connectivity index (χ2v) is 7.61. The zero-order valence-corrected chi connectivity index (χ0v) is 17.2. The topological polar surface area (TPSA) is 58.6 Å². The number of benzene rings is 3. The Bertz CT molecular complexity index is 1050. The molecule has 0 heterocycles. The molecule has 4 nitrogen and oxygen atoms in total. The number of nitrogens with one attached hydrogen (secondary N) is 1. The van der Waals surface area contributed by atoms with E-state index in [1.165, 1.54) is 22.3 Å². The van der Waals surface area contributed by atoms with Crippen molar-refractivity contribution in [3.8, 4) is 16.9 Å². The first-order valence-electron chi connectivity index (χ1n) is 10.1. The third kappa shape index (κ3) is 3.94. The largest absolute Gasteiger partial charge is 0.507 e. The first-order valence-corrected chi connectivity index (χ1v) is 10.1. The summed E-state index contributed by atoms with van der Waals surface area (Å²) >= 11 is 0. The van der Waals surface area contributed by atoms with Crippen LogP contribution in [0.3, 0.4) is 0 Å². The number of phenols is 1. The first kappa shape index (κ1) is 19.8. The molecule has 2 N–H and O–H groups in total. The van der Waals surface area contributed by atoms with Crippen LogP contribution in [0.25, 0.3) is 17.2 Å². The fourth-order valence-corrected chi connectivity index (χ4v) is 4.07. The number of aryl methyl sites for hydroxylation is 2. The van der Waals surface area contributed by atoms with Crippen LogP contribution in [0.2, 0.25) is 0 Å². The van der Waals surface area contributed by atoms with Gasteiger partial charge in [-0.05, 0) is 64.9 Å². The molecule has 1 amide bonds. The van der Waals surface area contributed by atoms with Crippen LogP contribution in [0, 0.1) is 13.8 Å². The minimum atomic E-state index is -0.431. The number of phenolic OH excluding ortho intramolecular Hbond substituents is 1. The molecule has 0 spiro atoms. The van der Waals surface area contributed by atoms with Crippen molar-refractivity contribution < 1.29 is 14.6 Å². The van der Waals surface area contributed by atoms with Gasteiger partial charge in [0.2, 0.25) is 0 Å². The number of alkyl carbamates (subject to hydrolysis) is 1. The van der Waals surface area contributed by atoms with Gasteiger partial charge < -0.3 is 15.2 Å². The maximum absolute atomic E-state index is 12.2. The summed E-state index contributed by atoms with van der Waals surface area (Å²) in [5.41, 5.74) is 7.47. The molecule has 0 unspecified atom stereocenters. The monoisotopic (exact) mass is 399 g/mol. The minimum Gasteiger partial charge on any atom is -0.507 e. The lowest BCUT2D eigenvalue weighted by atomic mass is 9.98. The van der Waals surface area contributed by atoms with E-state index in [0.29, 0.717) is 18.9 Å². The molecule has 0 saturated heterocycles. The molecule has 1 aliphatic rings. The van der Waals surface area contributed by atoms with Gasteiger partial charge in [0.15, 0.2) is 0 Å². The van der Waals surface area contributed by atoms with Gasteiger partial charge in [-0.2, -0.15) is 0 Å². The van der Waals surface area contributed by atoms with E-state index in [4.69, 9.17) is 4.74 Å². The van der Waals surface area contributed by atoms with Crippen molar-refractivity contribution in [3.05, 3.63) is 94.6 Å². The molecule has 152 valence electrons. The first-order chi connectivity index (χ1) is 14.5. The lowest BCUT2D eigenvalue weighted by Crippen LogP contribution is -2.26. The number of fused-ring (bicyclic) bond motifs is 3. The van der Waals surface area contributed by atoms with Crippen LogP contribution in [0.1, 0.15) is 33.7 Å². The van der Waals surface area contributed by atoms with Crippen molar-refractivity contribution in [1.82, 2.24) is 5.32 Å². The number of ether oxygens (including phenoxy) is 1. The molecule has 0 aromatic heterocycles. The molecule has 0 radical (unpaired) electrons. The Morgan fingerprint density at radius 1 is 1.00 bits per heavy atom. The van der Waals surface area contributed by atoms with Crippen LogP contribution >= 0.6 is 0 Å². The van der Waals surface area contributed by atoms with Gasteiger partial charge in [-0.15, -0.1) is 0 Å². The lowest BCUT2D eigenvalue weighted by Gasteiger charge is -2.14. The average molecular weight is 399 g/mol. The standard InChI is InChI=1S/C26H25NO3/c1-17-14-19(15-18(2)25(17)28)8-7-13-27-26(29)30-16-24-22-11-5-3-9-20(22)21-10-4-6-12-23(21)24/h3-12,14-15,24,28H,13,16H2,1-2H3,(H,27,29). The highest BCUT2D eigenvalue weighted by atomic mass is 16.5. The number of hydrogen-bond donors (Lipinski definition) is 2. The van der Waals surface area contributed by atoms with Gasteiger partial charge in [0.25, 0.3) is 0 Å². The minimum absolute atomic E-state index is 0.0571. The Morgan fingerprint density at radius 2 is 1.57 bits per heavy atom. The molecule has 3 aromatic carbocycles. The summed E-state index contributed by atoms with van der Waals surface area (Å²) in [7, 11) is 0. The summed E-state index contributed by atoms with van der Waals surface area (Å²) in [4.78, 5) is 12.2. The maximum Gasteiger partial charge on any atom is 0.407 e. The predicted octanol–water partition coefficient (Wildman–Crippen LogP) is 5.56. The van der Waals surface area contributed by atoms with E-state index in [-0.39, 0.29) is 5.92 Å². The quantitative estimate of drug-likeness (QED) is 0.590. The van der Waals surface area contributed by atoms with Gasteiger partial charge in [0.05, 0.1) is 0 Å². The second kappa shape index (κ2) is 8.46. The third-order valence-corrected chi connectivity index (χ3v) is 5.53. The number of aromatic hydroxyl groups is 1. The smallest absolute Gasteiger partial charge is 0.407 e. The van der Waals surface area contributed by atoms with Gasteiger partial charge in [0, 0.05) is 12.5 Å². The van der Waals surface area contributed by atoms with Crippen molar-refractivity contribution in [2.45, 2.75) is 19.8 Å². The van der Waals surface area contributed by atoms with Crippen LogP contribution < -0.4 is 5.32 Å². The van der Waals surface area contributed by atoms with E-state index in [0.717, 1.165) is 16.7 Å². The van der Waals surface area contributed by atoms with Crippen molar-refractivity contribution in [2.75, 3.05) is 13.2 Å². The molecule has 0 aliphatic heterocycles. The number of hydrogen-bond acceptors (Lipinski definition) is 3. The molecule has 0 saturated carbocycles. The Hall–Kier alpha value is -3.53.